The van der Waals surface area contributed by atoms with Crippen molar-refractivity contribution in [3.8, 4) is 12.0 Å². The Balaban J connectivity index is 1.47. The highest BCUT2D eigenvalue weighted by Crippen LogP contribution is 2.25. The summed E-state index contributed by atoms with van der Waals surface area (Å²) in [6.45, 7) is 2.73. The highest BCUT2D eigenvalue weighted by Gasteiger charge is 2.18. The number of tetrazole rings is 1. The van der Waals surface area contributed by atoms with Crippen LogP contribution >= 0.6 is 0 Å². The molecule has 4 aromatic rings. The number of esters is 1. The number of carbonyl (C=O) groups is 1. The number of fused-ring (bicyclic) bond motifs is 1. The van der Waals surface area contributed by atoms with Gasteiger partial charge in [0, 0.05) is 7.05 Å². The van der Waals surface area contributed by atoms with Gasteiger partial charge in [-0.15, -0.1) is 0 Å². The second kappa shape index (κ2) is 9.99. The van der Waals surface area contributed by atoms with Crippen molar-refractivity contribution in [3.05, 3.63) is 53.9 Å². The number of ether oxygens (including phenoxy) is 2. The van der Waals surface area contributed by atoms with Crippen molar-refractivity contribution in [1.29, 1.82) is 0 Å². The third-order valence-electron chi connectivity index (χ3n) is 4.88. The van der Waals surface area contributed by atoms with Crippen molar-refractivity contribution in [3.63, 3.8) is 0 Å². The normalized spacial score (nSPS) is 11.1. The fourth-order valence-electron chi connectivity index (χ4n) is 3.29. The quantitative estimate of drug-likeness (QED) is 0.276. The van der Waals surface area contributed by atoms with Gasteiger partial charge >= 0.3 is 12.0 Å². The molecular weight excluding hydrogens is 410 g/mol. The molecule has 10 nitrogen and oxygen atoms in total. The van der Waals surface area contributed by atoms with Crippen LogP contribution in [0.2, 0.25) is 0 Å². The number of carbonyl (C=O) groups excluding carboxylic acids is 1. The fraction of sp³-hybridized carbons (Fsp3) is 0.364. The molecule has 0 N–H and O–H groups in total. The first-order valence-corrected chi connectivity index (χ1v) is 10.6. The number of pyridine rings is 1. The Hall–Kier alpha value is -3.82. The number of hydrogen-bond donors (Lipinski definition) is 0. The largest absolute Gasteiger partial charge is 0.465 e. The van der Waals surface area contributed by atoms with Crippen molar-refractivity contribution < 1.29 is 14.3 Å². The molecule has 0 atom stereocenters. The van der Waals surface area contributed by atoms with E-state index in [2.05, 4.69) is 32.4 Å². The molecule has 0 aliphatic carbocycles. The Morgan fingerprint density at radius 3 is 2.69 bits per heavy atom. The average molecular weight is 435 g/mol. The molecule has 0 aliphatic heterocycles. The molecule has 0 radical (unpaired) electrons. The zero-order valence-electron chi connectivity index (χ0n) is 18.1. The summed E-state index contributed by atoms with van der Waals surface area (Å²) in [5, 5.41) is 11.7. The first-order valence-electron chi connectivity index (χ1n) is 10.6. The second-order valence-corrected chi connectivity index (χ2v) is 7.33. The van der Waals surface area contributed by atoms with E-state index >= 15 is 0 Å². The minimum atomic E-state index is -0.275. The van der Waals surface area contributed by atoms with Gasteiger partial charge in [0.15, 0.2) is 0 Å². The molecule has 1 aromatic carbocycles. The van der Waals surface area contributed by atoms with E-state index in [1.54, 1.807) is 22.4 Å². The zero-order chi connectivity index (χ0) is 22.3. The first kappa shape index (κ1) is 21.4. The van der Waals surface area contributed by atoms with Crippen LogP contribution in [-0.4, -0.2) is 47.3 Å². The van der Waals surface area contributed by atoms with Gasteiger partial charge in [0.05, 0.1) is 35.4 Å². The summed E-state index contributed by atoms with van der Waals surface area (Å²) in [6, 6.07) is 13.5. The molecule has 0 saturated carbocycles. The predicted octanol–water partition coefficient (Wildman–Crippen LogP) is 2.80. The zero-order valence-corrected chi connectivity index (χ0v) is 18.1. The number of aromatic nitrogens is 7. The van der Waals surface area contributed by atoms with Gasteiger partial charge in [-0.25, -0.2) is 9.25 Å². The molecule has 0 fully saturated rings. The highest BCUT2D eigenvalue weighted by atomic mass is 16.5. The van der Waals surface area contributed by atoms with Crippen LogP contribution < -0.4 is 4.74 Å². The molecule has 0 bridgehead atoms. The number of nitrogens with zero attached hydrogens (tertiary/aromatic N) is 7. The summed E-state index contributed by atoms with van der Waals surface area (Å²) in [7, 11) is 1.75. The lowest BCUT2D eigenvalue weighted by Crippen LogP contribution is -2.12. The molecule has 0 aliphatic rings. The van der Waals surface area contributed by atoms with Crippen LogP contribution in [-0.2, 0) is 29.6 Å². The van der Waals surface area contributed by atoms with Gasteiger partial charge in [-0.05, 0) is 41.1 Å². The number of aryl methyl sites for hydroxylation is 1. The SMILES string of the molecule is CCCCCOC(=O)Cc1cccc(COc2nc3ccccc3n2-c2nnnn2C)n1. The monoisotopic (exact) mass is 435 g/mol. The van der Waals surface area contributed by atoms with Crippen LogP contribution in [0.5, 0.6) is 6.01 Å². The van der Waals surface area contributed by atoms with E-state index < -0.39 is 0 Å². The highest BCUT2D eigenvalue weighted by molar-refractivity contribution is 5.78. The fourth-order valence-corrected chi connectivity index (χ4v) is 3.29. The third-order valence-corrected chi connectivity index (χ3v) is 4.88. The van der Waals surface area contributed by atoms with E-state index in [4.69, 9.17) is 9.47 Å². The van der Waals surface area contributed by atoms with Crippen molar-refractivity contribution in [2.24, 2.45) is 7.05 Å². The topological polar surface area (TPSA) is 110 Å². The minimum absolute atomic E-state index is 0.128. The molecule has 0 unspecified atom stereocenters. The minimum Gasteiger partial charge on any atom is -0.465 e. The summed E-state index contributed by atoms with van der Waals surface area (Å²) in [6.07, 6.45) is 3.14. The first-order chi connectivity index (χ1) is 15.7. The Morgan fingerprint density at radius 1 is 1.03 bits per heavy atom. The Morgan fingerprint density at radius 2 is 1.88 bits per heavy atom. The molecule has 3 heterocycles. The van der Waals surface area contributed by atoms with E-state index in [1.807, 2.05) is 36.4 Å². The van der Waals surface area contributed by atoms with Gasteiger partial charge in [-0.3, -0.25) is 9.78 Å². The van der Waals surface area contributed by atoms with E-state index in [-0.39, 0.29) is 19.0 Å². The number of hydrogen-bond acceptors (Lipinski definition) is 8. The van der Waals surface area contributed by atoms with Crippen LogP contribution in [0.25, 0.3) is 17.0 Å². The molecule has 0 spiro atoms. The van der Waals surface area contributed by atoms with Crippen LogP contribution in [0, 0.1) is 0 Å². The predicted molar refractivity (Wildman–Crippen MR) is 116 cm³/mol. The van der Waals surface area contributed by atoms with Gasteiger partial charge in [0.2, 0.25) is 0 Å². The lowest BCUT2D eigenvalue weighted by Gasteiger charge is -2.09. The van der Waals surface area contributed by atoms with Gasteiger partial charge in [-0.2, -0.15) is 4.98 Å². The third kappa shape index (κ3) is 4.90. The van der Waals surface area contributed by atoms with Gasteiger partial charge in [-0.1, -0.05) is 43.1 Å². The molecule has 3 aromatic heterocycles. The molecule has 166 valence electrons. The summed E-state index contributed by atoms with van der Waals surface area (Å²) < 4.78 is 14.6. The standard InChI is InChI=1S/C22H25N7O3/c1-3-4-7-13-31-20(30)14-16-9-8-10-17(23-16)15-32-22-24-18-11-5-6-12-19(18)29(22)21-25-26-27-28(21)2/h5-6,8-12H,3-4,7,13-15H2,1-2H3. The van der Waals surface area contributed by atoms with Crippen molar-refractivity contribution in [1.82, 2.24) is 34.7 Å². The van der Waals surface area contributed by atoms with Crippen molar-refractivity contribution in [2.75, 3.05) is 6.61 Å². The van der Waals surface area contributed by atoms with Crippen molar-refractivity contribution in [2.45, 2.75) is 39.2 Å². The van der Waals surface area contributed by atoms with E-state index in [9.17, 15) is 4.79 Å². The molecule has 32 heavy (non-hydrogen) atoms. The molecule has 0 amide bonds. The molecule has 4 rings (SSSR count). The lowest BCUT2D eigenvalue weighted by molar-refractivity contribution is -0.143. The maximum Gasteiger partial charge on any atom is 0.311 e. The van der Waals surface area contributed by atoms with Crippen LogP contribution in [0.1, 0.15) is 37.6 Å². The van der Waals surface area contributed by atoms with E-state index in [0.717, 1.165) is 30.3 Å². The number of unbranched alkanes of at least 4 members (excludes halogenated alkanes) is 2. The Kier molecular flexibility index (Phi) is 6.69. The second-order valence-electron chi connectivity index (χ2n) is 7.33. The average Bonchev–Trinajstić information content (AvgIpc) is 3.38. The number of rotatable bonds is 10. The van der Waals surface area contributed by atoms with E-state index in [1.165, 1.54) is 0 Å². The van der Waals surface area contributed by atoms with Gasteiger partial charge in [0.1, 0.15) is 6.61 Å². The van der Waals surface area contributed by atoms with Gasteiger partial charge < -0.3 is 9.47 Å². The summed E-state index contributed by atoms with van der Waals surface area (Å²) in [5.74, 6) is 0.212. The maximum absolute atomic E-state index is 12.0. The lowest BCUT2D eigenvalue weighted by atomic mass is 10.2. The van der Waals surface area contributed by atoms with Crippen LogP contribution in [0.15, 0.2) is 42.5 Å². The molecule has 0 saturated heterocycles. The number of imidazole rings is 1. The molecular formula is C22H25N7O3. The number of para-hydroxylation sites is 2. The maximum atomic E-state index is 12.0. The van der Waals surface area contributed by atoms with E-state index in [0.29, 0.717) is 30.0 Å². The van der Waals surface area contributed by atoms with Gasteiger partial charge in [0.25, 0.3) is 5.95 Å². The number of benzene rings is 1. The summed E-state index contributed by atoms with van der Waals surface area (Å²) >= 11 is 0. The van der Waals surface area contributed by atoms with Crippen molar-refractivity contribution >= 4 is 17.0 Å². The molecule has 10 heteroatoms. The summed E-state index contributed by atoms with van der Waals surface area (Å²) in [4.78, 5) is 21.1. The smallest absolute Gasteiger partial charge is 0.311 e. The van der Waals surface area contributed by atoms with Crippen LogP contribution in [0.3, 0.4) is 0 Å². The van der Waals surface area contributed by atoms with Crippen LogP contribution in [0.4, 0.5) is 0 Å². The Bertz CT molecular complexity index is 1200. The Labute approximate surface area is 185 Å². The summed E-state index contributed by atoms with van der Waals surface area (Å²) in [5.41, 5.74) is 2.90.